The number of phenols is 1. The summed E-state index contributed by atoms with van der Waals surface area (Å²) in [7, 11) is 2.58. The van der Waals surface area contributed by atoms with Crippen molar-refractivity contribution in [1.82, 2.24) is 0 Å². The van der Waals surface area contributed by atoms with Crippen LogP contribution in [0.1, 0.15) is 117 Å². The third-order valence-corrected chi connectivity index (χ3v) is 23.5. The summed E-state index contributed by atoms with van der Waals surface area (Å²) in [4.78, 5) is 32.4. The topological polar surface area (TPSA) is 212 Å². The van der Waals surface area contributed by atoms with Crippen molar-refractivity contribution in [3.63, 3.8) is 0 Å². The number of aryl methyl sites for hydroxylation is 1. The summed E-state index contributed by atoms with van der Waals surface area (Å²) in [5.74, 6) is -1.17. The van der Waals surface area contributed by atoms with Crippen LogP contribution in [0.5, 0.6) is 5.75 Å². The molecule has 5 saturated carbocycles. The van der Waals surface area contributed by atoms with Crippen LogP contribution in [-0.4, -0.2) is 119 Å². The molecule has 5 aliphatic heterocycles. The van der Waals surface area contributed by atoms with Gasteiger partial charge in [-0.05, 0) is 154 Å². The Bertz CT molecular complexity index is 2120. The quantitative estimate of drug-likeness (QED) is 0.135. The number of aliphatic hydroxyl groups excluding tert-OH is 4. The van der Waals surface area contributed by atoms with Gasteiger partial charge in [-0.25, -0.2) is 0 Å². The number of anilines is 1. The van der Waals surface area contributed by atoms with Gasteiger partial charge in [0, 0.05) is 41.5 Å². The smallest absolute Gasteiger partial charge is 0.233 e. The lowest BCUT2D eigenvalue weighted by molar-refractivity contribution is -0.265. The Labute approximate surface area is 385 Å². The van der Waals surface area contributed by atoms with Crippen molar-refractivity contribution in [3.05, 3.63) is 35.4 Å². The van der Waals surface area contributed by atoms with Crippen molar-refractivity contribution in [2.24, 2.45) is 62.6 Å². The average Bonchev–Trinajstić information content (AvgIpc) is 3.81. The highest BCUT2D eigenvalue weighted by Gasteiger charge is 2.84. The zero-order chi connectivity index (χ0) is 45.8. The second kappa shape index (κ2) is 15.1. The average molecular weight is 926 g/mol. The molecule has 64 heavy (non-hydrogen) atoms. The van der Waals surface area contributed by atoms with Crippen LogP contribution in [0.4, 0.5) is 5.69 Å². The van der Waals surface area contributed by atoms with Gasteiger partial charge in [0.2, 0.25) is 5.91 Å². The zero-order valence-electron chi connectivity index (χ0n) is 38.2. The summed E-state index contributed by atoms with van der Waals surface area (Å²) in [6.07, 6.45) is 5.27. The molecule has 0 aromatic heterocycles. The fourth-order valence-electron chi connectivity index (χ4n) is 17.2. The van der Waals surface area contributed by atoms with E-state index in [4.69, 9.17) is 4.74 Å². The molecule has 6 aliphatic carbocycles. The van der Waals surface area contributed by atoms with Gasteiger partial charge in [-0.15, -0.1) is 0 Å². The summed E-state index contributed by atoms with van der Waals surface area (Å²) >= 11 is 0. The molecule has 14 heteroatoms. The minimum Gasteiger partial charge on any atom is -0.508 e. The molecule has 8 bridgehead atoms. The van der Waals surface area contributed by atoms with E-state index in [-0.39, 0.29) is 55.0 Å². The molecule has 4 spiro atoms. The lowest BCUT2D eigenvalue weighted by Gasteiger charge is -2.71. The summed E-state index contributed by atoms with van der Waals surface area (Å²) in [6.45, 7) is 9.81. The molecule has 1 aromatic carbocycles. The molecule has 11 aliphatic rings. The zero-order valence-corrected chi connectivity index (χ0v) is 39.8. The van der Waals surface area contributed by atoms with Gasteiger partial charge >= 0.3 is 0 Å². The van der Waals surface area contributed by atoms with Gasteiger partial charge in [-0.1, -0.05) is 55.7 Å². The molecule has 7 fully saturated rings. The molecule has 12 rings (SSSR count). The van der Waals surface area contributed by atoms with E-state index in [0.717, 1.165) is 18.4 Å². The number of benzene rings is 1. The van der Waals surface area contributed by atoms with Crippen LogP contribution >= 0.6 is 21.6 Å². The van der Waals surface area contributed by atoms with E-state index in [9.17, 15) is 40.9 Å². The van der Waals surface area contributed by atoms with Crippen LogP contribution in [0.15, 0.2) is 29.8 Å². The fraction of sp³-hybridized carbons (Fsp3) is 0.800. The van der Waals surface area contributed by atoms with E-state index in [1.165, 1.54) is 21.6 Å². The third kappa shape index (κ3) is 5.61. The molecule has 354 valence electrons. The first-order chi connectivity index (χ1) is 30.2. The first-order valence-corrected chi connectivity index (χ1v) is 26.7. The van der Waals surface area contributed by atoms with Crippen molar-refractivity contribution in [3.8, 4) is 5.75 Å². The molecule has 1 aromatic rings. The van der Waals surface area contributed by atoms with Crippen LogP contribution in [0.2, 0.25) is 0 Å². The number of hydrogen-bond acceptors (Lipinski definition) is 13. The molecule has 12 nitrogen and oxygen atoms in total. The lowest BCUT2D eigenvalue weighted by Crippen LogP contribution is -2.76. The van der Waals surface area contributed by atoms with Gasteiger partial charge < -0.3 is 50.5 Å². The number of aliphatic hydroxyl groups is 7. The van der Waals surface area contributed by atoms with E-state index in [2.05, 4.69) is 20.8 Å². The first kappa shape index (κ1) is 46.0. The Balaban J connectivity index is 1.16. The molecule has 8 N–H and O–H groups in total. The summed E-state index contributed by atoms with van der Waals surface area (Å²) < 4.78 is 6.37. The predicted molar refractivity (Wildman–Crippen MR) is 244 cm³/mol. The Kier molecular flexibility index (Phi) is 10.9. The number of nitrogens with zero attached hydrogens (tertiary/aromatic N) is 1. The van der Waals surface area contributed by atoms with E-state index in [1.807, 2.05) is 19.9 Å². The largest absolute Gasteiger partial charge is 0.508 e. The molecule has 17 atom stereocenters. The van der Waals surface area contributed by atoms with Crippen LogP contribution in [0, 0.1) is 62.6 Å². The molecular weight excluding hydrogens is 855 g/mol. The van der Waals surface area contributed by atoms with Gasteiger partial charge in [0.15, 0.2) is 5.78 Å². The standard InChI is InChI=1S/C50H71NO11S2/c1-27(2)28(3)39-40(62-39)43(4,59)34-11-14-50(61)36-22-37(55)48-23-38(56)49(60,26-53)35-10-13-45(36,44(35,48)5)15-16-46(34,50)12-9-29-19-32(21-33(54)20-29)51-18-17-47(41(51)57)30(24-52)7-6-8-31(47)25-63-64-42(48)58/h19-22,27-28,30-31,34-35,38-40,42,52-54,56,58-61H,6-18,23-26H2,1-5H3. The Morgan fingerprint density at radius 1 is 0.969 bits per heavy atom. The number of amides is 1. The maximum atomic E-state index is 15.6. The van der Waals surface area contributed by atoms with E-state index >= 15 is 9.59 Å². The number of ether oxygens (including phenoxy) is 1. The Morgan fingerprint density at radius 2 is 1.73 bits per heavy atom. The third-order valence-electron chi connectivity index (χ3n) is 20.9. The minimum atomic E-state index is -1.96. The maximum absolute atomic E-state index is 15.6. The highest BCUT2D eigenvalue weighted by Crippen LogP contribution is 2.83. The number of fused-ring (bicyclic) bond motifs is 2. The summed E-state index contributed by atoms with van der Waals surface area (Å²) in [6, 6.07) is 5.31. The highest BCUT2D eigenvalue weighted by atomic mass is 33.1. The van der Waals surface area contributed by atoms with Gasteiger partial charge in [-0.3, -0.25) is 9.59 Å². The van der Waals surface area contributed by atoms with Crippen molar-refractivity contribution < 1.29 is 55.2 Å². The van der Waals surface area contributed by atoms with E-state index in [1.54, 1.807) is 23.1 Å². The summed E-state index contributed by atoms with van der Waals surface area (Å²) in [5, 5.41) is 97.3. The van der Waals surface area contributed by atoms with Crippen LogP contribution < -0.4 is 4.90 Å². The van der Waals surface area contributed by atoms with Crippen LogP contribution in [-0.2, 0) is 20.7 Å². The molecule has 17 unspecified atom stereocenters. The van der Waals surface area contributed by atoms with Crippen LogP contribution in [0.25, 0.3) is 0 Å². The number of carbonyl (C=O) groups is 2. The number of ketones is 1. The molecular formula is C50H71NO11S2. The Hall–Kier alpha value is -1.72. The van der Waals surface area contributed by atoms with Crippen molar-refractivity contribution in [2.45, 2.75) is 159 Å². The second-order valence-corrected chi connectivity index (χ2v) is 25.4. The van der Waals surface area contributed by atoms with Crippen molar-refractivity contribution >= 4 is 39.0 Å². The van der Waals surface area contributed by atoms with Crippen LogP contribution in [0.3, 0.4) is 0 Å². The Morgan fingerprint density at radius 3 is 2.45 bits per heavy atom. The number of epoxide rings is 1. The fourth-order valence-corrected chi connectivity index (χ4v) is 20.3. The van der Waals surface area contributed by atoms with Gasteiger partial charge in [0.1, 0.15) is 22.9 Å². The lowest BCUT2D eigenvalue weighted by atomic mass is 9.34. The van der Waals surface area contributed by atoms with Gasteiger partial charge in [-0.2, -0.15) is 0 Å². The number of hydrogen-bond donors (Lipinski definition) is 8. The van der Waals surface area contributed by atoms with Crippen molar-refractivity contribution in [2.75, 3.05) is 30.4 Å². The van der Waals surface area contributed by atoms with Gasteiger partial charge in [0.05, 0.1) is 40.8 Å². The van der Waals surface area contributed by atoms with E-state index in [0.29, 0.717) is 87.3 Å². The molecule has 2 saturated heterocycles. The number of aromatic hydroxyl groups is 1. The number of rotatable bonds is 6. The number of carbonyl (C=O) groups excluding carboxylic acids is 2. The second-order valence-electron chi connectivity index (χ2n) is 22.9. The maximum Gasteiger partial charge on any atom is 0.233 e. The summed E-state index contributed by atoms with van der Waals surface area (Å²) in [5.41, 5.74) is -9.92. The SMILES string of the molecule is CC(C)C(C)C1OC1C(C)(O)C1CCC2(O)C3=CC(=O)C45CC(O)C(O)(CO)C6CCC3(CCC12CCc1cc(O)cc(c1)N1CCC2(C1=O)C(CO)CCCC2CSSC4O)C65C. The van der Waals surface area contributed by atoms with Crippen molar-refractivity contribution in [1.29, 1.82) is 0 Å². The monoisotopic (exact) mass is 925 g/mol. The normalized spacial score (nSPS) is 48.8. The predicted octanol–water partition coefficient (Wildman–Crippen LogP) is 5.29. The first-order valence-electron chi connectivity index (χ1n) is 24.3. The molecule has 1 amide bonds. The minimum absolute atomic E-state index is 0.0203. The van der Waals surface area contributed by atoms with Gasteiger partial charge in [0.25, 0.3) is 0 Å². The molecule has 5 heterocycles. The number of phenolic OH excluding ortho intramolecular Hbond substituents is 1. The highest BCUT2D eigenvalue weighted by molar-refractivity contribution is 8.76. The van der Waals surface area contributed by atoms with E-state index < -0.39 is 85.7 Å². The number of allylic oxidation sites excluding steroid dienone is 1. The molecule has 0 radical (unpaired) electrons.